The standard InChI is InChI=1S/C17H23N3S/c1-17(2)7-10-21-13-16(17)19-15-6-3-5-14(11-15)12-20-9-4-8-18-20/h3-6,8-9,11,16,19H,7,10,12-13H2,1-2H3. The topological polar surface area (TPSA) is 29.9 Å². The fourth-order valence-corrected chi connectivity index (χ4v) is 4.32. The first-order chi connectivity index (χ1) is 10.1. The Balaban J connectivity index is 1.71. The highest BCUT2D eigenvalue weighted by molar-refractivity contribution is 7.99. The van der Waals surface area contributed by atoms with Gasteiger partial charge in [-0.25, -0.2) is 0 Å². The van der Waals surface area contributed by atoms with Crippen molar-refractivity contribution >= 4 is 17.4 Å². The van der Waals surface area contributed by atoms with Gasteiger partial charge in [0.25, 0.3) is 0 Å². The number of anilines is 1. The van der Waals surface area contributed by atoms with Crippen LogP contribution in [0.3, 0.4) is 0 Å². The molecular weight excluding hydrogens is 278 g/mol. The number of nitrogens with zero attached hydrogens (tertiary/aromatic N) is 2. The summed E-state index contributed by atoms with van der Waals surface area (Å²) in [4.78, 5) is 0. The van der Waals surface area contributed by atoms with Gasteiger partial charge in [-0.05, 0) is 41.4 Å². The lowest BCUT2D eigenvalue weighted by molar-refractivity contribution is 0.305. The molecule has 0 bridgehead atoms. The summed E-state index contributed by atoms with van der Waals surface area (Å²) in [5, 5.41) is 8.01. The average Bonchev–Trinajstić information content (AvgIpc) is 2.94. The maximum atomic E-state index is 4.27. The first-order valence-electron chi connectivity index (χ1n) is 7.54. The van der Waals surface area contributed by atoms with Crippen molar-refractivity contribution in [2.24, 2.45) is 5.41 Å². The summed E-state index contributed by atoms with van der Waals surface area (Å²) in [6.07, 6.45) is 5.10. The largest absolute Gasteiger partial charge is 0.381 e. The molecule has 1 aromatic carbocycles. The average molecular weight is 301 g/mol. The molecule has 0 aliphatic carbocycles. The predicted molar refractivity (Wildman–Crippen MR) is 90.9 cm³/mol. The normalized spacial score (nSPS) is 21.1. The van der Waals surface area contributed by atoms with E-state index in [0.717, 1.165) is 6.54 Å². The Bertz CT molecular complexity index is 577. The minimum atomic E-state index is 0.364. The number of thioether (sulfide) groups is 1. The lowest BCUT2D eigenvalue weighted by Gasteiger charge is -2.39. The van der Waals surface area contributed by atoms with Gasteiger partial charge in [0.1, 0.15) is 0 Å². The molecule has 1 N–H and O–H groups in total. The van der Waals surface area contributed by atoms with Crippen LogP contribution in [-0.2, 0) is 6.54 Å². The van der Waals surface area contributed by atoms with E-state index in [4.69, 9.17) is 0 Å². The van der Waals surface area contributed by atoms with E-state index in [0.29, 0.717) is 11.5 Å². The summed E-state index contributed by atoms with van der Waals surface area (Å²) in [5.41, 5.74) is 2.87. The molecule has 0 radical (unpaired) electrons. The molecule has 3 nitrogen and oxygen atoms in total. The Hall–Kier alpha value is -1.42. The molecule has 3 rings (SSSR count). The molecule has 1 aromatic heterocycles. The van der Waals surface area contributed by atoms with Gasteiger partial charge in [0.15, 0.2) is 0 Å². The Labute approximate surface area is 131 Å². The van der Waals surface area contributed by atoms with E-state index in [1.807, 2.05) is 23.1 Å². The molecule has 1 saturated heterocycles. The molecule has 0 saturated carbocycles. The van der Waals surface area contributed by atoms with Crippen LogP contribution in [-0.4, -0.2) is 27.3 Å². The van der Waals surface area contributed by atoms with Crippen LogP contribution in [0.25, 0.3) is 0 Å². The van der Waals surface area contributed by atoms with E-state index in [1.165, 1.54) is 29.2 Å². The van der Waals surface area contributed by atoms with Gasteiger partial charge in [0.2, 0.25) is 0 Å². The van der Waals surface area contributed by atoms with Crippen LogP contribution in [0.2, 0.25) is 0 Å². The van der Waals surface area contributed by atoms with Crippen molar-refractivity contribution in [3.05, 3.63) is 48.3 Å². The molecule has 1 unspecified atom stereocenters. The molecular formula is C17H23N3S. The van der Waals surface area contributed by atoms with Crippen molar-refractivity contribution in [2.75, 3.05) is 16.8 Å². The van der Waals surface area contributed by atoms with E-state index in [9.17, 15) is 0 Å². The van der Waals surface area contributed by atoms with E-state index in [-0.39, 0.29) is 0 Å². The Kier molecular flexibility index (Phi) is 4.24. The van der Waals surface area contributed by atoms with Gasteiger partial charge in [-0.3, -0.25) is 4.68 Å². The second-order valence-corrected chi connectivity index (χ2v) is 7.56. The first kappa shape index (κ1) is 14.5. The van der Waals surface area contributed by atoms with Gasteiger partial charge >= 0.3 is 0 Å². The molecule has 1 aliphatic rings. The molecule has 112 valence electrons. The fourth-order valence-electron chi connectivity index (χ4n) is 2.71. The van der Waals surface area contributed by atoms with Crippen LogP contribution in [0.5, 0.6) is 0 Å². The van der Waals surface area contributed by atoms with Gasteiger partial charge < -0.3 is 5.32 Å². The fraction of sp³-hybridized carbons (Fsp3) is 0.471. The lowest BCUT2D eigenvalue weighted by atomic mass is 9.82. The zero-order valence-corrected chi connectivity index (χ0v) is 13.6. The Morgan fingerprint density at radius 2 is 2.29 bits per heavy atom. The van der Waals surface area contributed by atoms with E-state index < -0.39 is 0 Å². The van der Waals surface area contributed by atoms with Crippen molar-refractivity contribution in [3.63, 3.8) is 0 Å². The first-order valence-corrected chi connectivity index (χ1v) is 8.70. The van der Waals surface area contributed by atoms with E-state index in [1.54, 1.807) is 0 Å². The number of hydrogen-bond acceptors (Lipinski definition) is 3. The Morgan fingerprint density at radius 1 is 1.38 bits per heavy atom. The summed E-state index contributed by atoms with van der Waals surface area (Å²) < 4.78 is 1.96. The monoisotopic (exact) mass is 301 g/mol. The van der Waals surface area contributed by atoms with Crippen molar-refractivity contribution < 1.29 is 0 Å². The van der Waals surface area contributed by atoms with Crippen molar-refractivity contribution in [1.29, 1.82) is 0 Å². The van der Waals surface area contributed by atoms with Gasteiger partial charge in [0, 0.05) is 29.9 Å². The number of hydrogen-bond donors (Lipinski definition) is 1. The van der Waals surface area contributed by atoms with Crippen LogP contribution in [0.1, 0.15) is 25.8 Å². The molecule has 21 heavy (non-hydrogen) atoms. The summed E-state index contributed by atoms with van der Waals surface area (Å²) >= 11 is 2.06. The quantitative estimate of drug-likeness (QED) is 0.929. The van der Waals surface area contributed by atoms with Crippen LogP contribution in [0, 0.1) is 5.41 Å². The van der Waals surface area contributed by atoms with E-state index in [2.05, 4.69) is 60.3 Å². The molecule has 4 heteroatoms. The molecule has 1 aliphatic heterocycles. The number of nitrogens with one attached hydrogen (secondary N) is 1. The van der Waals surface area contributed by atoms with Crippen molar-refractivity contribution in [1.82, 2.24) is 9.78 Å². The summed E-state index contributed by atoms with van der Waals surface area (Å²) in [5.74, 6) is 2.47. The van der Waals surface area contributed by atoms with Gasteiger partial charge in [0.05, 0.1) is 6.54 Å². The van der Waals surface area contributed by atoms with Gasteiger partial charge in [-0.2, -0.15) is 16.9 Å². The third-order valence-electron chi connectivity index (χ3n) is 4.29. The Morgan fingerprint density at radius 3 is 3.05 bits per heavy atom. The minimum Gasteiger partial charge on any atom is -0.381 e. The third kappa shape index (κ3) is 3.62. The maximum absolute atomic E-state index is 4.27. The highest BCUT2D eigenvalue weighted by atomic mass is 32.2. The second kappa shape index (κ2) is 6.14. The molecule has 2 aromatic rings. The summed E-state index contributed by atoms with van der Waals surface area (Å²) in [6, 6.07) is 11.2. The molecule has 2 heterocycles. The lowest BCUT2D eigenvalue weighted by Crippen LogP contribution is -2.41. The summed E-state index contributed by atoms with van der Waals surface area (Å²) in [7, 11) is 0. The van der Waals surface area contributed by atoms with E-state index >= 15 is 0 Å². The molecule has 1 atom stereocenters. The molecule has 0 amide bonds. The SMILES string of the molecule is CC1(C)CCSCC1Nc1cccc(Cn2cccn2)c1. The zero-order valence-electron chi connectivity index (χ0n) is 12.7. The highest BCUT2D eigenvalue weighted by Crippen LogP contribution is 2.36. The second-order valence-electron chi connectivity index (χ2n) is 6.41. The number of rotatable bonds is 4. The van der Waals surface area contributed by atoms with Crippen molar-refractivity contribution in [3.8, 4) is 0 Å². The molecule has 0 spiro atoms. The van der Waals surface area contributed by atoms with Gasteiger partial charge in [-0.15, -0.1) is 0 Å². The number of aromatic nitrogens is 2. The third-order valence-corrected chi connectivity index (χ3v) is 5.35. The van der Waals surface area contributed by atoms with Crippen molar-refractivity contribution in [2.45, 2.75) is 32.9 Å². The van der Waals surface area contributed by atoms with Crippen LogP contribution in [0.15, 0.2) is 42.7 Å². The summed E-state index contributed by atoms with van der Waals surface area (Å²) in [6.45, 7) is 5.57. The number of benzene rings is 1. The highest BCUT2D eigenvalue weighted by Gasteiger charge is 2.32. The maximum Gasteiger partial charge on any atom is 0.0660 e. The smallest absolute Gasteiger partial charge is 0.0660 e. The van der Waals surface area contributed by atoms with Crippen LogP contribution >= 0.6 is 11.8 Å². The zero-order chi connectivity index (χ0) is 14.7. The minimum absolute atomic E-state index is 0.364. The molecule has 1 fully saturated rings. The van der Waals surface area contributed by atoms with Crippen LogP contribution < -0.4 is 5.32 Å². The van der Waals surface area contributed by atoms with Gasteiger partial charge in [-0.1, -0.05) is 26.0 Å². The van der Waals surface area contributed by atoms with Crippen LogP contribution in [0.4, 0.5) is 5.69 Å². The predicted octanol–water partition coefficient (Wildman–Crippen LogP) is 3.88.